The molecule has 0 bridgehead atoms. The van der Waals surface area contributed by atoms with Gasteiger partial charge in [-0.05, 0) is 19.4 Å². The van der Waals surface area contributed by atoms with Crippen LogP contribution in [0.2, 0.25) is 0 Å². The van der Waals surface area contributed by atoms with Crippen LogP contribution in [0, 0.1) is 0 Å². The van der Waals surface area contributed by atoms with Crippen molar-refractivity contribution in [2.24, 2.45) is 0 Å². The maximum Gasteiger partial charge on any atom is 0.408 e. The molecule has 0 saturated heterocycles. The molecule has 15 heteroatoms. The van der Waals surface area contributed by atoms with Crippen molar-refractivity contribution in [1.29, 1.82) is 0 Å². The molecule has 0 aliphatic carbocycles. The molecule has 1 N–H and O–H groups in total. The quantitative estimate of drug-likeness (QED) is 0.403. The molecule has 9 nitrogen and oxygen atoms in total. The summed E-state index contributed by atoms with van der Waals surface area (Å²) in [5.41, 5.74) is 1.63. The summed E-state index contributed by atoms with van der Waals surface area (Å²) in [6, 6.07) is 0.967. The van der Waals surface area contributed by atoms with E-state index in [0.29, 0.717) is 28.5 Å². The van der Waals surface area contributed by atoms with Crippen LogP contribution in [-0.4, -0.2) is 69.7 Å². The lowest BCUT2D eigenvalue weighted by Gasteiger charge is -2.27. The standard InChI is InChI=1S/C22H24F6N6O3/c1-4-33(20(35)32-17(22(26,27)28)5-7-21(23,24)25)12-13-9-14(16(36-2)11-29-13)15-10-19(37-3)34-18(31-15)6-8-30-34/h6,8-11,17H,4-5,7,12H2,1-3H3,(H,32,35). The summed E-state index contributed by atoms with van der Waals surface area (Å²) in [6.07, 6.45) is -9.96. The third-order valence-electron chi connectivity index (χ3n) is 5.39. The summed E-state index contributed by atoms with van der Waals surface area (Å²) in [7, 11) is 2.87. The smallest absolute Gasteiger partial charge is 0.408 e. The van der Waals surface area contributed by atoms with E-state index in [4.69, 9.17) is 9.47 Å². The zero-order valence-corrected chi connectivity index (χ0v) is 20.0. The number of carbonyl (C=O) groups is 1. The van der Waals surface area contributed by atoms with Crippen LogP contribution in [0.15, 0.2) is 30.6 Å². The highest BCUT2D eigenvalue weighted by Gasteiger charge is 2.43. The minimum atomic E-state index is -5.05. The number of fused-ring (bicyclic) bond motifs is 1. The number of pyridine rings is 1. The summed E-state index contributed by atoms with van der Waals surface area (Å²) < 4.78 is 89.5. The molecule has 3 heterocycles. The van der Waals surface area contributed by atoms with Crippen LogP contribution in [0.5, 0.6) is 11.6 Å². The van der Waals surface area contributed by atoms with Gasteiger partial charge in [0.25, 0.3) is 0 Å². The van der Waals surface area contributed by atoms with E-state index in [-0.39, 0.29) is 18.8 Å². The Morgan fingerprint density at radius 2 is 1.89 bits per heavy atom. The number of nitrogens with one attached hydrogen (secondary N) is 1. The minimum Gasteiger partial charge on any atom is -0.494 e. The van der Waals surface area contributed by atoms with Crippen molar-refractivity contribution in [3.05, 3.63) is 36.3 Å². The van der Waals surface area contributed by atoms with Crippen molar-refractivity contribution in [2.45, 2.75) is 44.7 Å². The number of aromatic nitrogens is 4. The van der Waals surface area contributed by atoms with Crippen molar-refractivity contribution in [1.82, 2.24) is 29.8 Å². The summed E-state index contributed by atoms with van der Waals surface area (Å²) in [5.74, 6) is 0.705. The Balaban J connectivity index is 1.86. The molecular formula is C22H24F6N6O3. The average Bonchev–Trinajstić information content (AvgIpc) is 3.31. The van der Waals surface area contributed by atoms with Crippen LogP contribution in [0.1, 0.15) is 25.5 Å². The van der Waals surface area contributed by atoms with Gasteiger partial charge >= 0.3 is 18.4 Å². The molecule has 0 aliphatic heterocycles. The van der Waals surface area contributed by atoms with Crippen LogP contribution in [0.25, 0.3) is 16.9 Å². The van der Waals surface area contributed by atoms with Crippen LogP contribution in [0.3, 0.4) is 0 Å². The van der Waals surface area contributed by atoms with Gasteiger partial charge in [-0.1, -0.05) is 0 Å². The molecule has 0 fully saturated rings. The Bertz CT molecular complexity index is 1230. The van der Waals surface area contributed by atoms with Gasteiger partial charge in [-0.3, -0.25) is 4.98 Å². The van der Waals surface area contributed by atoms with Crippen LogP contribution >= 0.6 is 0 Å². The number of urea groups is 1. The predicted molar refractivity (Wildman–Crippen MR) is 119 cm³/mol. The molecule has 0 spiro atoms. The summed E-state index contributed by atoms with van der Waals surface area (Å²) >= 11 is 0. The number of carbonyl (C=O) groups excluding carboxylic acids is 1. The first-order valence-corrected chi connectivity index (χ1v) is 11.0. The van der Waals surface area contributed by atoms with E-state index in [0.717, 1.165) is 4.90 Å². The van der Waals surface area contributed by atoms with Gasteiger partial charge < -0.3 is 19.7 Å². The van der Waals surface area contributed by atoms with E-state index in [1.807, 2.05) is 0 Å². The first kappa shape index (κ1) is 27.8. The Hall–Kier alpha value is -3.78. The summed E-state index contributed by atoms with van der Waals surface area (Å²) in [5, 5.41) is 5.79. The van der Waals surface area contributed by atoms with Crippen molar-refractivity contribution in [3.63, 3.8) is 0 Å². The number of hydrogen-bond donors (Lipinski definition) is 1. The van der Waals surface area contributed by atoms with Gasteiger partial charge in [0.2, 0.25) is 5.88 Å². The van der Waals surface area contributed by atoms with E-state index in [1.165, 1.54) is 38.1 Å². The third kappa shape index (κ3) is 6.92. The second-order valence-corrected chi connectivity index (χ2v) is 7.87. The summed E-state index contributed by atoms with van der Waals surface area (Å²) in [4.78, 5) is 22.3. The second-order valence-electron chi connectivity index (χ2n) is 7.87. The number of halogens is 6. The Morgan fingerprint density at radius 1 is 1.16 bits per heavy atom. The molecule has 0 radical (unpaired) electrons. The topological polar surface area (TPSA) is 93.9 Å². The molecule has 0 aliphatic rings. The number of rotatable bonds is 9. The molecule has 37 heavy (non-hydrogen) atoms. The molecule has 2 amide bonds. The summed E-state index contributed by atoms with van der Waals surface area (Å²) in [6.45, 7) is 1.25. The molecular weight excluding hydrogens is 510 g/mol. The first-order valence-electron chi connectivity index (χ1n) is 11.0. The van der Waals surface area contributed by atoms with Crippen LogP contribution in [0.4, 0.5) is 31.1 Å². The largest absolute Gasteiger partial charge is 0.494 e. The molecule has 202 valence electrons. The van der Waals surface area contributed by atoms with Crippen molar-refractivity contribution in [3.8, 4) is 22.9 Å². The zero-order valence-electron chi connectivity index (χ0n) is 20.0. The second kappa shape index (κ2) is 11.1. The fourth-order valence-corrected chi connectivity index (χ4v) is 3.49. The lowest BCUT2D eigenvalue weighted by Crippen LogP contribution is -2.50. The van der Waals surface area contributed by atoms with Gasteiger partial charge in [-0.25, -0.2) is 9.78 Å². The Morgan fingerprint density at radius 3 is 2.49 bits per heavy atom. The third-order valence-corrected chi connectivity index (χ3v) is 5.39. The average molecular weight is 534 g/mol. The van der Waals surface area contributed by atoms with E-state index in [1.54, 1.807) is 23.5 Å². The predicted octanol–water partition coefficient (Wildman–Crippen LogP) is 4.61. The molecule has 1 unspecified atom stereocenters. The number of nitrogens with zero attached hydrogens (tertiary/aromatic N) is 5. The number of hydrogen-bond acceptors (Lipinski definition) is 6. The van der Waals surface area contributed by atoms with Gasteiger partial charge in [0.1, 0.15) is 11.8 Å². The van der Waals surface area contributed by atoms with Crippen LogP contribution in [-0.2, 0) is 6.54 Å². The van der Waals surface area contributed by atoms with Crippen molar-refractivity contribution < 1.29 is 40.6 Å². The normalized spacial score (nSPS) is 12.9. The lowest BCUT2D eigenvalue weighted by molar-refractivity contribution is -0.171. The SMILES string of the molecule is CCN(Cc1cc(-c2cc(OC)n3nccc3n2)c(OC)cn1)C(=O)NC(CCC(F)(F)F)C(F)(F)F. The fraction of sp³-hybridized carbons (Fsp3) is 0.455. The van der Waals surface area contributed by atoms with Gasteiger partial charge in [0, 0.05) is 30.7 Å². The van der Waals surface area contributed by atoms with E-state index in [9.17, 15) is 31.1 Å². The molecule has 0 saturated carbocycles. The highest BCUT2D eigenvalue weighted by Crippen LogP contribution is 2.32. The number of methoxy groups -OCH3 is 2. The van der Waals surface area contributed by atoms with Crippen molar-refractivity contribution >= 4 is 11.7 Å². The first-order chi connectivity index (χ1) is 17.4. The molecule has 1 atom stereocenters. The minimum absolute atomic E-state index is 0.0351. The van der Waals surface area contributed by atoms with Crippen LogP contribution < -0.4 is 14.8 Å². The number of ether oxygens (including phenoxy) is 2. The van der Waals surface area contributed by atoms with E-state index < -0.39 is 37.3 Å². The van der Waals surface area contributed by atoms with Gasteiger partial charge in [0.15, 0.2) is 5.65 Å². The highest BCUT2D eigenvalue weighted by molar-refractivity contribution is 5.75. The Labute approximate surface area is 207 Å². The highest BCUT2D eigenvalue weighted by atomic mass is 19.4. The molecule has 3 rings (SSSR count). The molecule has 3 aromatic rings. The van der Waals surface area contributed by atoms with E-state index in [2.05, 4.69) is 15.1 Å². The fourth-order valence-electron chi connectivity index (χ4n) is 3.49. The van der Waals surface area contributed by atoms with Gasteiger partial charge in [-0.2, -0.15) is 36.0 Å². The molecule has 0 aromatic carbocycles. The van der Waals surface area contributed by atoms with Gasteiger partial charge in [0.05, 0.1) is 44.5 Å². The Kier molecular flexibility index (Phi) is 8.33. The molecule has 3 aromatic heterocycles. The zero-order chi connectivity index (χ0) is 27.4. The number of amides is 2. The van der Waals surface area contributed by atoms with E-state index >= 15 is 0 Å². The lowest BCUT2D eigenvalue weighted by atomic mass is 10.1. The van der Waals surface area contributed by atoms with Crippen molar-refractivity contribution in [2.75, 3.05) is 20.8 Å². The maximum absolute atomic E-state index is 13.3. The monoisotopic (exact) mass is 534 g/mol. The maximum atomic E-state index is 13.3. The van der Waals surface area contributed by atoms with Gasteiger partial charge in [-0.15, -0.1) is 0 Å². The number of alkyl halides is 6.